The summed E-state index contributed by atoms with van der Waals surface area (Å²) in [5.74, 6) is 2.22. The number of amides is 1. The van der Waals surface area contributed by atoms with Gasteiger partial charge < -0.3 is 18.9 Å². The van der Waals surface area contributed by atoms with Crippen molar-refractivity contribution in [1.29, 1.82) is 0 Å². The van der Waals surface area contributed by atoms with Gasteiger partial charge in [0.15, 0.2) is 11.5 Å². The summed E-state index contributed by atoms with van der Waals surface area (Å²) in [6.07, 6.45) is 2.22. The smallest absolute Gasteiger partial charge is 0.227 e. The standard InChI is InChI=1S/C29H28N2O4S/c1-18-24(19(2)35-30-18)16-28(32)31-11-12-33-29-22(17-31)14-21(27-8-5-13-36-27)15-26(29)34-25-10-9-20-6-3-4-7-23(20)25/h3-8,13-15,25H,9-12,16-17H2,1-2H3/t25-/m0/s1. The van der Waals surface area contributed by atoms with Crippen LogP contribution in [0.3, 0.4) is 0 Å². The van der Waals surface area contributed by atoms with E-state index in [1.807, 2.05) is 18.7 Å². The van der Waals surface area contributed by atoms with Crippen molar-refractivity contribution >= 4 is 17.2 Å². The molecule has 2 aromatic carbocycles. The molecule has 6 nitrogen and oxygen atoms in total. The molecule has 3 heterocycles. The largest absolute Gasteiger partial charge is 0.487 e. The van der Waals surface area contributed by atoms with Crippen LogP contribution in [-0.4, -0.2) is 29.1 Å². The summed E-state index contributed by atoms with van der Waals surface area (Å²) in [5, 5.41) is 6.07. The predicted molar refractivity (Wildman–Crippen MR) is 138 cm³/mol. The fraction of sp³-hybridized carbons (Fsp3) is 0.310. The molecule has 7 heteroatoms. The molecule has 1 aliphatic heterocycles. The second-order valence-corrected chi connectivity index (χ2v) is 10.4. The molecular formula is C29H28N2O4S. The first-order valence-corrected chi connectivity index (χ1v) is 13.2. The van der Waals surface area contributed by atoms with Gasteiger partial charge in [0.2, 0.25) is 5.91 Å². The molecule has 0 saturated carbocycles. The van der Waals surface area contributed by atoms with Crippen LogP contribution in [0.1, 0.15) is 46.2 Å². The van der Waals surface area contributed by atoms with E-state index in [1.165, 1.54) is 11.1 Å². The maximum Gasteiger partial charge on any atom is 0.227 e. The Morgan fingerprint density at radius 2 is 2.06 bits per heavy atom. The van der Waals surface area contributed by atoms with Crippen molar-refractivity contribution in [2.24, 2.45) is 0 Å². The molecule has 1 amide bonds. The minimum absolute atomic E-state index is 0.00647. The van der Waals surface area contributed by atoms with Crippen LogP contribution >= 0.6 is 11.3 Å². The van der Waals surface area contributed by atoms with E-state index < -0.39 is 0 Å². The average molecular weight is 501 g/mol. The van der Waals surface area contributed by atoms with Crippen LogP contribution < -0.4 is 9.47 Å². The summed E-state index contributed by atoms with van der Waals surface area (Å²) < 4.78 is 18.2. The predicted octanol–water partition coefficient (Wildman–Crippen LogP) is 6.05. The number of hydrogen-bond donors (Lipinski definition) is 0. The molecule has 1 atom stereocenters. The van der Waals surface area contributed by atoms with Gasteiger partial charge in [-0.25, -0.2) is 0 Å². The van der Waals surface area contributed by atoms with Crippen LogP contribution in [0.4, 0.5) is 0 Å². The van der Waals surface area contributed by atoms with Crippen molar-refractivity contribution in [3.05, 3.63) is 87.6 Å². The van der Waals surface area contributed by atoms with Crippen LogP contribution in [-0.2, 0) is 24.2 Å². The van der Waals surface area contributed by atoms with Crippen molar-refractivity contribution in [3.63, 3.8) is 0 Å². The van der Waals surface area contributed by atoms with E-state index in [4.69, 9.17) is 14.0 Å². The quantitative estimate of drug-likeness (QED) is 0.334. The molecule has 0 saturated heterocycles. The van der Waals surface area contributed by atoms with Crippen molar-refractivity contribution in [1.82, 2.24) is 10.1 Å². The molecule has 6 rings (SSSR count). The highest BCUT2D eigenvalue weighted by Crippen LogP contribution is 2.43. The molecule has 36 heavy (non-hydrogen) atoms. The Bertz CT molecular complexity index is 1390. The Kier molecular flexibility index (Phi) is 6.01. The van der Waals surface area contributed by atoms with Gasteiger partial charge in [0.25, 0.3) is 0 Å². The Hall–Kier alpha value is -3.58. The third kappa shape index (κ3) is 4.28. The van der Waals surface area contributed by atoms with E-state index in [1.54, 1.807) is 11.3 Å². The van der Waals surface area contributed by atoms with Gasteiger partial charge in [-0.3, -0.25) is 4.79 Å². The number of aromatic nitrogens is 1. The number of aryl methyl sites for hydroxylation is 3. The summed E-state index contributed by atoms with van der Waals surface area (Å²) in [5.41, 5.74) is 6.26. The number of thiophene rings is 1. The van der Waals surface area contributed by atoms with Gasteiger partial charge in [-0.15, -0.1) is 11.3 Å². The molecular weight excluding hydrogens is 472 g/mol. The monoisotopic (exact) mass is 500 g/mol. The maximum atomic E-state index is 13.3. The second kappa shape index (κ2) is 9.47. The zero-order valence-electron chi connectivity index (χ0n) is 20.5. The highest BCUT2D eigenvalue weighted by molar-refractivity contribution is 7.13. The first kappa shape index (κ1) is 22.9. The Morgan fingerprint density at radius 1 is 1.17 bits per heavy atom. The summed E-state index contributed by atoms with van der Waals surface area (Å²) in [4.78, 5) is 16.3. The van der Waals surface area contributed by atoms with Gasteiger partial charge in [-0.1, -0.05) is 35.5 Å². The molecule has 0 unspecified atom stereocenters. The Labute approximate surface area is 214 Å². The number of rotatable bonds is 5. The summed E-state index contributed by atoms with van der Waals surface area (Å²) in [7, 11) is 0. The zero-order valence-corrected chi connectivity index (χ0v) is 21.3. The first-order valence-electron chi connectivity index (χ1n) is 12.3. The number of ether oxygens (including phenoxy) is 2. The topological polar surface area (TPSA) is 64.8 Å². The van der Waals surface area contributed by atoms with E-state index in [0.29, 0.717) is 25.5 Å². The number of benzene rings is 2. The lowest BCUT2D eigenvalue weighted by molar-refractivity contribution is -0.131. The average Bonchev–Trinajstić information content (AvgIpc) is 3.59. The van der Waals surface area contributed by atoms with E-state index in [0.717, 1.165) is 51.6 Å². The van der Waals surface area contributed by atoms with Crippen LogP contribution in [0.25, 0.3) is 10.4 Å². The summed E-state index contributed by atoms with van der Waals surface area (Å²) >= 11 is 1.69. The fourth-order valence-electron chi connectivity index (χ4n) is 5.18. The molecule has 0 bridgehead atoms. The molecule has 184 valence electrons. The lowest BCUT2D eigenvalue weighted by atomic mass is 10.1. The number of carbonyl (C=O) groups excluding carboxylic acids is 1. The molecule has 4 aromatic rings. The maximum absolute atomic E-state index is 13.3. The normalized spacial score (nSPS) is 16.7. The number of hydrogen-bond acceptors (Lipinski definition) is 6. The van der Waals surface area contributed by atoms with Crippen molar-refractivity contribution < 1.29 is 18.8 Å². The summed E-state index contributed by atoms with van der Waals surface area (Å²) in [6, 6.07) is 16.9. The van der Waals surface area contributed by atoms with Gasteiger partial charge in [0.1, 0.15) is 18.5 Å². The molecule has 2 aromatic heterocycles. The molecule has 0 radical (unpaired) electrons. The highest BCUT2D eigenvalue weighted by atomic mass is 32.1. The first-order chi connectivity index (χ1) is 17.6. The summed E-state index contributed by atoms with van der Waals surface area (Å²) in [6.45, 7) is 5.11. The van der Waals surface area contributed by atoms with Crippen LogP contribution in [0, 0.1) is 13.8 Å². The van der Waals surface area contributed by atoms with Crippen molar-refractivity contribution in [2.75, 3.05) is 13.2 Å². The lowest BCUT2D eigenvalue weighted by Crippen LogP contribution is -2.33. The molecule has 2 aliphatic rings. The number of carbonyl (C=O) groups is 1. The van der Waals surface area contributed by atoms with Gasteiger partial charge in [-0.2, -0.15) is 0 Å². The minimum Gasteiger partial charge on any atom is -0.487 e. The van der Waals surface area contributed by atoms with Crippen LogP contribution in [0.5, 0.6) is 11.5 Å². The van der Waals surface area contributed by atoms with E-state index >= 15 is 0 Å². The Balaban J connectivity index is 1.33. The van der Waals surface area contributed by atoms with Gasteiger partial charge in [-0.05, 0) is 67.0 Å². The SMILES string of the molecule is Cc1noc(C)c1CC(=O)N1CCOc2c(cc(-c3cccs3)cc2O[C@H]2CCc3ccccc32)C1. The molecule has 0 N–H and O–H groups in total. The Morgan fingerprint density at radius 3 is 2.86 bits per heavy atom. The third-order valence-corrected chi connectivity index (χ3v) is 8.03. The zero-order chi connectivity index (χ0) is 24.6. The second-order valence-electron chi connectivity index (χ2n) is 9.43. The third-order valence-electron chi connectivity index (χ3n) is 7.12. The van der Waals surface area contributed by atoms with Gasteiger partial charge >= 0.3 is 0 Å². The van der Waals surface area contributed by atoms with Gasteiger partial charge in [0.05, 0.1) is 18.7 Å². The fourth-order valence-corrected chi connectivity index (χ4v) is 5.90. The lowest BCUT2D eigenvalue weighted by Gasteiger charge is -2.21. The van der Waals surface area contributed by atoms with Crippen molar-refractivity contribution in [2.45, 2.75) is 45.8 Å². The van der Waals surface area contributed by atoms with Crippen LogP contribution in [0.15, 0.2) is 58.4 Å². The van der Waals surface area contributed by atoms with Crippen LogP contribution in [0.2, 0.25) is 0 Å². The minimum atomic E-state index is -0.00647. The highest BCUT2D eigenvalue weighted by Gasteiger charge is 2.29. The van der Waals surface area contributed by atoms with E-state index in [-0.39, 0.29) is 18.4 Å². The molecule has 0 fully saturated rings. The van der Waals surface area contributed by atoms with E-state index in [2.05, 4.69) is 59.1 Å². The number of fused-ring (bicyclic) bond motifs is 2. The van der Waals surface area contributed by atoms with Gasteiger partial charge in [0, 0.05) is 22.5 Å². The van der Waals surface area contributed by atoms with Crippen molar-refractivity contribution in [3.8, 4) is 21.9 Å². The van der Waals surface area contributed by atoms with E-state index in [9.17, 15) is 4.79 Å². The molecule has 1 aliphatic carbocycles. The number of nitrogens with zero attached hydrogens (tertiary/aromatic N) is 2. The molecule has 0 spiro atoms.